The second-order valence-electron chi connectivity index (χ2n) is 5.35. The van der Waals surface area contributed by atoms with Gasteiger partial charge in [-0.3, -0.25) is 20.5 Å². The zero-order valence-corrected chi connectivity index (χ0v) is 13.8. The summed E-state index contributed by atoms with van der Waals surface area (Å²) in [6.07, 6.45) is 0. The lowest BCUT2D eigenvalue weighted by molar-refractivity contribution is 0.0383. The number of nitrogens with one attached hydrogen (secondary N) is 3. The zero-order valence-electron chi connectivity index (χ0n) is 13.8. The van der Waals surface area contributed by atoms with Crippen LogP contribution in [0.1, 0.15) is 10.4 Å². The number of para-hydroxylation sites is 1. The van der Waals surface area contributed by atoms with E-state index in [0.717, 1.165) is 32.8 Å². The van der Waals surface area contributed by atoms with Crippen LogP contribution in [-0.4, -0.2) is 61.7 Å². The van der Waals surface area contributed by atoms with Gasteiger partial charge in [-0.2, -0.15) is 10.4 Å². The van der Waals surface area contributed by atoms with E-state index < -0.39 is 5.84 Å². The molecule has 9 heteroatoms. The minimum absolute atomic E-state index is 0.243. The molecule has 0 aliphatic carbocycles. The number of carbonyl (C=O) groups is 1. The number of nitriles is 1. The van der Waals surface area contributed by atoms with E-state index in [1.165, 1.54) is 0 Å². The summed E-state index contributed by atoms with van der Waals surface area (Å²) in [4.78, 5) is 14.6. The zero-order chi connectivity index (χ0) is 18.1. The Morgan fingerprint density at radius 1 is 1.40 bits per heavy atom. The molecule has 1 amide bonds. The second-order valence-corrected chi connectivity index (χ2v) is 5.35. The monoisotopic (exact) mass is 343 g/mol. The number of nitrogens with two attached hydrogens (primary N) is 1. The quantitative estimate of drug-likeness (QED) is 0.311. The second kappa shape index (κ2) is 9.36. The Morgan fingerprint density at radius 2 is 2.12 bits per heavy atom. The van der Waals surface area contributed by atoms with Crippen molar-refractivity contribution < 1.29 is 9.53 Å². The Labute approximate surface area is 145 Å². The fourth-order valence-electron chi connectivity index (χ4n) is 2.29. The summed E-state index contributed by atoms with van der Waals surface area (Å²) >= 11 is 0. The third-order valence-corrected chi connectivity index (χ3v) is 3.64. The molecule has 9 nitrogen and oxygen atoms in total. The van der Waals surface area contributed by atoms with Gasteiger partial charge in [0.1, 0.15) is 6.07 Å². The van der Waals surface area contributed by atoms with Gasteiger partial charge in [-0.05, 0) is 12.1 Å². The first-order valence-electron chi connectivity index (χ1n) is 7.87. The Hall–Kier alpha value is -2.96. The number of carbonyl (C=O) groups excluding carboxylic acids is 1. The number of morpholine rings is 1. The third kappa shape index (κ3) is 5.56. The van der Waals surface area contributed by atoms with Crippen LogP contribution < -0.4 is 16.5 Å². The van der Waals surface area contributed by atoms with Crippen molar-refractivity contribution in [3.05, 3.63) is 29.8 Å². The van der Waals surface area contributed by atoms with Gasteiger partial charge in [0.15, 0.2) is 5.84 Å². The molecule has 5 N–H and O–H groups in total. The lowest BCUT2D eigenvalue weighted by Crippen LogP contribution is -2.41. The fourth-order valence-corrected chi connectivity index (χ4v) is 2.29. The summed E-state index contributed by atoms with van der Waals surface area (Å²) in [6.45, 7) is 4.45. The lowest BCUT2D eigenvalue weighted by Gasteiger charge is -2.26. The average molecular weight is 343 g/mol. The van der Waals surface area contributed by atoms with Gasteiger partial charge in [0.2, 0.25) is 5.71 Å². The number of amidine groups is 1. The number of benzene rings is 1. The van der Waals surface area contributed by atoms with Crippen molar-refractivity contribution in [2.75, 3.05) is 44.8 Å². The molecule has 1 aliphatic rings. The topological polar surface area (TPSA) is 140 Å². The van der Waals surface area contributed by atoms with E-state index in [9.17, 15) is 4.79 Å². The van der Waals surface area contributed by atoms with Crippen molar-refractivity contribution in [3.8, 4) is 6.07 Å². The highest BCUT2D eigenvalue weighted by Gasteiger charge is 2.13. The van der Waals surface area contributed by atoms with Crippen molar-refractivity contribution >= 4 is 23.1 Å². The van der Waals surface area contributed by atoms with Crippen molar-refractivity contribution in [1.82, 2.24) is 10.2 Å². The van der Waals surface area contributed by atoms with E-state index in [-0.39, 0.29) is 11.6 Å². The van der Waals surface area contributed by atoms with Crippen molar-refractivity contribution in [2.24, 2.45) is 10.8 Å². The standard InChI is InChI=1S/C16H21N7O2/c17-11-14(15(18)19)22-21-13-4-2-1-3-12(13)16(24)20-5-6-23-7-9-25-10-8-23/h1-4,21H,5-10H2,(H3,18,19)(H,20,24)/b22-14+. The molecule has 0 unspecified atom stereocenters. The van der Waals surface area contributed by atoms with Crippen LogP contribution in [0.15, 0.2) is 29.4 Å². The summed E-state index contributed by atoms with van der Waals surface area (Å²) in [5.74, 6) is -0.685. The summed E-state index contributed by atoms with van der Waals surface area (Å²) in [6, 6.07) is 8.51. The molecule has 1 fully saturated rings. The Morgan fingerprint density at radius 3 is 2.80 bits per heavy atom. The van der Waals surface area contributed by atoms with Crippen LogP contribution in [0.4, 0.5) is 5.69 Å². The SMILES string of the molecule is N#C/C(=N\Nc1ccccc1C(=O)NCCN1CCOCC1)C(=N)N. The number of hydrogen-bond acceptors (Lipinski definition) is 7. The molecule has 1 heterocycles. The van der Waals surface area contributed by atoms with Gasteiger partial charge in [-0.15, -0.1) is 0 Å². The predicted molar refractivity (Wildman–Crippen MR) is 94.6 cm³/mol. The van der Waals surface area contributed by atoms with E-state index in [0.29, 0.717) is 17.8 Å². The minimum atomic E-state index is -0.442. The van der Waals surface area contributed by atoms with Crippen molar-refractivity contribution in [3.63, 3.8) is 0 Å². The smallest absolute Gasteiger partial charge is 0.253 e. The van der Waals surface area contributed by atoms with E-state index in [4.69, 9.17) is 21.1 Å². The van der Waals surface area contributed by atoms with E-state index in [1.807, 2.05) is 0 Å². The summed E-state index contributed by atoms with van der Waals surface area (Å²) in [7, 11) is 0. The van der Waals surface area contributed by atoms with Crippen LogP contribution in [0.5, 0.6) is 0 Å². The van der Waals surface area contributed by atoms with Gasteiger partial charge < -0.3 is 15.8 Å². The number of rotatable bonds is 7. The minimum Gasteiger partial charge on any atom is -0.382 e. The largest absolute Gasteiger partial charge is 0.382 e. The maximum Gasteiger partial charge on any atom is 0.253 e. The van der Waals surface area contributed by atoms with Gasteiger partial charge >= 0.3 is 0 Å². The highest BCUT2D eigenvalue weighted by atomic mass is 16.5. The van der Waals surface area contributed by atoms with Gasteiger partial charge in [0.05, 0.1) is 24.5 Å². The first-order valence-corrected chi connectivity index (χ1v) is 7.87. The number of amides is 1. The average Bonchev–Trinajstić information content (AvgIpc) is 2.63. The number of hydrazone groups is 1. The lowest BCUT2D eigenvalue weighted by atomic mass is 10.1. The number of nitrogens with zero attached hydrogens (tertiary/aromatic N) is 3. The Bertz CT molecular complexity index is 690. The molecular formula is C16H21N7O2. The number of hydrogen-bond donors (Lipinski definition) is 4. The summed E-state index contributed by atoms with van der Waals surface area (Å²) in [5.41, 5.74) is 8.45. The maximum absolute atomic E-state index is 12.4. The molecule has 0 spiro atoms. The Kier molecular flexibility index (Phi) is 6.88. The van der Waals surface area contributed by atoms with Crippen LogP contribution in [0.2, 0.25) is 0 Å². The molecule has 0 bridgehead atoms. The van der Waals surface area contributed by atoms with Gasteiger partial charge in [-0.25, -0.2) is 0 Å². The van der Waals surface area contributed by atoms with Crippen LogP contribution in [0.3, 0.4) is 0 Å². The predicted octanol–water partition coefficient (Wildman–Crippen LogP) is -0.0239. The van der Waals surface area contributed by atoms with Crippen molar-refractivity contribution in [2.45, 2.75) is 0 Å². The molecule has 0 aromatic heterocycles. The molecule has 132 valence electrons. The Balaban J connectivity index is 1.95. The van der Waals surface area contributed by atoms with Crippen LogP contribution >= 0.6 is 0 Å². The maximum atomic E-state index is 12.4. The first-order chi connectivity index (χ1) is 12.1. The molecule has 2 rings (SSSR count). The van der Waals surface area contributed by atoms with Crippen LogP contribution in [0, 0.1) is 16.7 Å². The van der Waals surface area contributed by atoms with E-state index in [1.54, 1.807) is 30.3 Å². The molecule has 25 heavy (non-hydrogen) atoms. The normalized spacial score (nSPS) is 15.2. The molecular weight excluding hydrogens is 322 g/mol. The molecule has 1 aliphatic heterocycles. The van der Waals surface area contributed by atoms with E-state index in [2.05, 4.69) is 20.7 Å². The van der Waals surface area contributed by atoms with Gasteiger partial charge in [0.25, 0.3) is 5.91 Å². The van der Waals surface area contributed by atoms with Crippen molar-refractivity contribution in [1.29, 1.82) is 10.7 Å². The highest BCUT2D eigenvalue weighted by molar-refractivity contribution is 6.45. The van der Waals surface area contributed by atoms with Gasteiger partial charge in [0, 0.05) is 26.2 Å². The number of anilines is 1. The van der Waals surface area contributed by atoms with E-state index >= 15 is 0 Å². The highest BCUT2D eigenvalue weighted by Crippen LogP contribution is 2.14. The molecule has 0 atom stereocenters. The van der Waals surface area contributed by atoms with Gasteiger partial charge in [-0.1, -0.05) is 12.1 Å². The molecule has 0 radical (unpaired) electrons. The number of ether oxygens (including phenoxy) is 1. The fraction of sp³-hybridized carbons (Fsp3) is 0.375. The molecule has 1 aromatic carbocycles. The summed E-state index contributed by atoms with van der Waals surface area (Å²) < 4.78 is 5.29. The first kappa shape index (κ1) is 18.4. The van der Waals surface area contributed by atoms with Crippen LogP contribution in [0.25, 0.3) is 0 Å². The van der Waals surface area contributed by atoms with Crippen LogP contribution in [-0.2, 0) is 4.74 Å². The third-order valence-electron chi connectivity index (χ3n) is 3.64. The summed E-state index contributed by atoms with van der Waals surface area (Å²) in [5, 5.41) is 22.7. The molecule has 0 saturated carbocycles. The molecule has 1 saturated heterocycles. The molecule has 1 aromatic rings.